The highest BCUT2D eigenvalue weighted by Crippen LogP contribution is 2.29. The Balaban J connectivity index is 2.10. The van der Waals surface area contributed by atoms with Crippen LogP contribution in [-0.2, 0) is 22.3 Å². The summed E-state index contributed by atoms with van der Waals surface area (Å²) in [4.78, 5) is 17.4. The highest BCUT2D eigenvalue weighted by atomic mass is 19.4. The molecule has 0 unspecified atom stereocenters. The van der Waals surface area contributed by atoms with Crippen LogP contribution in [0.25, 0.3) is 11.4 Å². The summed E-state index contributed by atoms with van der Waals surface area (Å²) in [6, 6.07) is 6.65. The van der Waals surface area contributed by atoms with E-state index in [9.17, 15) is 18.0 Å². The van der Waals surface area contributed by atoms with Crippen molar-refractivity contribution in [1.29, 1.82) is 0 Å². The molecule has 0 aliphatic rings. The number of amides is 1. The van der Waals surface area contributed by atoms with Gasteiger partial charge in [-0.15, -0.1) is 0 Å². The molecule has 0 spiro atoms. The number of aromatic nitrogens is 2. The van der Waals surface area contributed by atoms with Gasteiger partial charge in [0.1, 0.15) is 0 Å². The number of carbonyl (C=O) groups excluding carboxylic acids is 1. The molecule has 0 atom stereocenters. The van der Waals surface area contributed by atoms with Crippen molar-refractivity contribution in [2.24, 2.45) is 5.92 Å². The Kier molecular flexibility index (Phi) is 6.95. The number of rotatable bonds is 8. The number of hydrogen-bond donors (Lipinski definition) is 0. The Labute approximate surface area is 155 Å². The molecule has 1 aromatic carbocycles. The van der Waals surface area contributed by atoms with Crippen LogP contribution in [0.4, 0.5) is 13.2 Å². The molecule has 1 amide bonds. The number of alkyl halides is 3. The molecule has 2 aromatic rings. The molecule has 0 aliphatic heterocycles. The van der Waals surface area contributed by atoms with Gasteiger partial charge >= 0.3 is 12.1 Å². The van der Waals surface area contributed by atoms with Gasteiger partial charge in [-0.25, -0.2) is 0 Å². The smallest absolute Gasteiger partial charge is 0.383 e. The zero-order valence-corrected chi connectivity index (χ0v) is 15.4. The zero-order valence-electron chi connectivity index (χ0n) is 15.4. The van der Waals surface area contributed by atoms with Gasteiger partial charge in [-0.3, -0.25) is 4.79 Å². The van der Waals surface area contributed by atoms with E-state index < -0.39 is 12.1 Å². The Morgan fingerprint density at radius 1 is 1.26 bits per heavy atom. The van der Waals surface area contributed by atoms with Gasteiger partial charge in [-0.2, -0.15) is 18.2 Å². The molecule has 0 aliphatic carbocycles. The van der Waals surface area contributed by atoms with Gasteiger partial charge < -0.3 is 14.2 Å². The van der Waals surface area contributed by atoms with E-state index in [0.29, 0.717) is 31.7 Å². The lowest BCUT2D eigenvalue weighted by atomic mass is 10.1. The van der Waals surface area contributed by atoms with Crippen molar-refractivity contribution >= 4 is 5.91 Å². The van der Waals surface area contributed by atoms with E-state index in [1.54, 1.807) is 36.3 Å². The summed E-state index contributed by atoms with van der Waals surface area (Å²) in [6.07, 6.45) is -4.24. The summed E-state index contributed by atoms with van der Waals surface area (Å²) >= 11 is 0. The molecule has 148 valence electrons. The molecule has 0 bridgehead atoms. The van der Waals surface area contributed by atoms with Crippen molar-refractivity contribution in [3.63, 3.8) is 0 Å². The van der Waals surface area contributed by atoms with Crippen LogP contribution >= 0.6 is 0 Å². The molecule has 0 saturated heterocycles. The monoisotopic (exact) mass is 385 g/mol. The minimum atomic E-state index is -4.68. The normalized spacial score (nSPS) is 11.8. The van der Waals surface area contributed by atoms with Crippen molar-refractivity contribution in [2.75, 3.05) is 20.3 Å². The van der Waals surface area contributed by atoms with Crippen LogP contribution < -0.4 is 0 Å². The summed E-state index contributed by atoms with van der Waals surface area (Å²) in [5.41, 5.74) is 1.24. The summed E-state index contributed by atoms with van der Waals surface area (Å²) in [5.74, 6) is -1.25. The van der Waals surface area contributed by atoms with Crippen molar-refractivity contribution < 1.29 is 27.2 Å². The molecule has 1 heterocycles. The highest BCUT2D eigenvalue weighted by Gasteiger charge is 2.38. The van der Waals surface area contributed by atoms with Gasteiger partial charge in [-0.05, 0) is 11.5 Å². The van der Waals surface area contributed by atoms with Crippen LogP contribution in [0.3, 0.4) is 0 Å². The fourth-order valence-electron chi connectivity index (χ4n) is 2.41. The SMILES string of the molecule is COCCN(Cc1ccc(-c2noc(C(F)(F)F)n2)cc1)C(=O)CC(C)C. The average Bonchev–Trinajstić information content (AvgIpc) is 3.09. The maximum Gasteiger partial charge on any atom is 0.471 e. The fourth-order valence-corrected chi connectivity index (χ4v) is 2.41. The highest BCUT2D eigenvalue weighted by molar-refractivity contribution is 5.76. The lowest BCUT2D eigenvalue weighted by molar-refractivity contribution is -0.159. The summed E-state index contributed by atoms with van der Waals surface area (Å²) in [7, 11) is 1.57. The minimum absolute atomic E-state index is 0.0270. The number of halogens is 3. The van der Waals surface area contributed by atoms with Gasteiger partial charge in [0.2, 0.25) is 11.7 Å². The van der Waals surface area contributed by atoms with E-state index in [-0.39, 0.29) is 17.6 Å². The fraction of sp³-hybridized carbons (Fsp3) is 0.500. The molecule has 27 heavy (non-hydrogen) atoms. The van der Waals surface area contributed by atoms with Gasteiger partial charge in [0.25, 0.3) is 0 Å². The van der Waals surface area contributed by atoms with Crippen molar-refractivity contribution in [3.8, 4) is 11.4 Å². The Bertz CT molecular complexity index is 742. The van der Waals surface area contributed by atoms with Gasteiger partial charge in [0.05, 0.1) is 6.61 Å². The number of carbonyl (C=O) groups is 1. The third-order valence-electron chi connectivity index (χ3n) is 3.76. The maximum atomic E-state index is 12.5. The van der Waals surface area contributed by atoms with Crippen molar-refractivity contribution in [3.05, 3.63) is 35.7 Å². The Hall–Kier alpha value is -2.42. The first-order chi connectivity index (χ1) is 12.7. The molecule has 1 aromatic heterocycles. The van der Waals surface area contributed by atoms with E-state index in [4.69, 9.17) is 4.74 Å². The lowest BCUT2D eigenvalue weighted by Gasteiger charge is -2.23. The summed E-state index contributed by atoms with van der Waals surface area (Å²) in [5, 5.41) is 3.36. The first-order valence-electron chi connectivity index (χ1n) is 8.47. The Morgan fingerprint density at radius 2 is 1.93 bits per heavy atom. The number of methoxy groups -OCH3 is 1. The molecule has 0 N–H and O–H groups in total. The van der Waals surface area contributed by atoms with Crippen LogP contribution in [0.15, 0.2) is 28.8 Å². The molecule has 0 radical (unpaired) electrons. The predicted molar refractivity (Wildman–Crippen MR) is 91.5 cm³/mol. The molecule has 9 heteroatoms. The maximum absolute atomic E-state index is 12.5. The van der Waals surface area contributed by atoms with Crippen LogP contribution in [-0.4, -0.2) is 41.2 Å². The second-order valence-electron chi connectivity index (χ2n) is 6.52. The van der Waals surface area contributed by atoms with Gasteiger partial charge in [-0.1, -0.05) is 43.3 Å². The number of ether oxygens (including phenoxy) is 1. The molecule has 2 rings (SSSR count). The summed E-state index contributed by atoms with van der Waals surface area (Å²) < 4.78 is 46.9. The second-order valence-corrected chi connectivity index (χ2v) is 6.52. The third-order valence-corrected chi connectivity index (χ3v) is 3.76. The molecule has 6 nitrogen and oxygen atoms in total. The predicted octanol–water partition coefficient (Wildman–Crippen LogP) is 3.78. The van der Waals surface area contributed by atoms with Crippen LogP contribution in [0.2, 0.25) is 0 Å². The third kappa shape index (κ3) is 6.06. The van der Waals surface area contributed by atoms with E-state index in [2.05, 4.69) is 14.7 Å². The molecule has 0 fully saturated rings. The minimum Gasteiger partial charge on any atom is -0.383 e. The summed E-state index contributed by atoms with van der Waals surface area (Å²) in [6.45, 7) is 5.21. The van der Waals surface area contributed by atoms with Gasteiger partial charge in [0, 0.05) is 32.2 Å². The second kappa shape index (κ2) is 8.98. The first kappa shape index (κ1) is 20.9. The van der Waals surface area contributed by atoms with Crippen molar-refractivity contribution in [2.45, 2.75) is 33.0 Å². The molecular weight excluding hydrogens is 363 g/mol. The van der Waals surface area contributed by atoms with E-state index in [0.717, 1.165) is 5.56 Å². The van der Waals surface area contributed by atoms with Crippen LogP contribution in [0, 0.1) is 5.92 Å². The van der Waals surface area contributed by atoms with Crippen LogP contribution in [0.1, 0.15) is 31.7 Å². The topological polar surface area (TPSA) is 68.5 Å². The van der Waals surface area contributed by atoms with E-state index >= 15 is 0 Å². The quantitative estimate of drug-likeness (QED) is 0.692. The first-order valence-corrected chi connectivity index (χ1v) is 8.47. The number of benzene rings is 1. The average molecular weight is 385 g/mol. The Morgan fingerprint density at radius 3 is 2.44 bits per heavy atom. The largest absolute Gasteiger partial charge is 0.471 e. The number of hydrogen-bond acceptors (Lipinski definition) is 5. The molecule has 0 saturated carbocycles. The van der Waals surface area contributed by atoms with Gasteiger partial charge in [0.15, 0.2) is 0 Å². The standard InChI is InChI=1S/C18H22F3N3O3/c1-12(2)10-15(25)24(8-9-26-3)11-13-4-6-14(7-5-13)16-22-17(27-23-16)18(19,20)21/h4-7,12H,8-11H2,1-3H3. The zero-order chi connectivity index (χ0) is 20.0. The molecular formula is C18H22F3N3O3. The van der Waals surface area contributed by atoms with E-state index in [1.807, 2.05) is 13.8 Å². The van der Waals surface area contributed by atoms with Crippen LogP contribution in [0.5, 0.6) is 0 Å². The van der Waals surface area contributed by atoms with Crippen molar-refractivity contribution in [1.82, 2.24) is 15.0 Å². The lowest BCUT2D eigenvalue weighted by Crippen LogP contribution is -2.34. The number of nitrogens with zero attached hydrogens (tertiary/aromatic N) is 3. The van der Waals surface area contributed by atoms with E-state index in [1.165, 1.54) is 0 Å².